The van der Waals surface area contributed by atoms with Crippen LogP contribution in [0.15, 0.2) is 35.1 Å². The van der Waals surface area contributed by atoms with Gasteiger partial charge in [0.25, 0.3) is 0 Å². The lowest BCUT2D eigenvalue weighted by atomic mass is 10.0. The van der Waals surface area contributed by atoms with E-state index in [2.05, 4.69) is 23.3 Å². The van der Waals surface area contributed by atoms with Gasteiger partial charge in [0.15, 0.2) is 5.22 Å². The van der Waals surface area contributed by atoms with E-state index < -0.39 is 0 Å². The monoisotopic (exact) mass is 250 g/mol. The van der Waals surface area contributed by atoms with Crippen LogP contribution in [0.5, 0.6) is 0 Å². The van der Waals surface area contributed by atoms with Crippen LogP contribution in [0, 0.1) is 6.92 Å². The highest BCUT2D eigenvalue weighted by Crippen LogP contribution is 2.26. The van der Waals surface area contributed by atoms with Gasteiger partial charge >= 0.3 is 0 Å². The van der Waals surface area contributed by atoms with Crippen molar-refractivity contribution in [1.29, 1.82) is 0 Å². The molecule has 0 radical (unpaired) electrons. The van der Waals surface area contributed by atoms with Gasteiger partial charge in [0.1, 0.15) is 0 Å². The summed E-state index contributed by atoms with van der Waals surface area (Å²) in [6, 6.07) is 6.01. The van der Waals surface area contributed by atoms with Gasteiger partial charge in [-0.2, -0.15) is 0 Å². The number of likely N-dealkylation sites (N-methyl/N-ethyl adjacent to an activating group) is 1. The summed E-state index contributed by atoms with van der Waals surface area (Å²) >= 11 is 5.99. The number of hydrogen-bond donors (Lipinski definition) is 1. The van der Waals surface area contributed by atoms with Gasteiger partial charge in [-0.05, 0) is 43.3 Å². The van der Waals surface area contributed by atoms with E-state index in [-0.39, 0.29) is 6.04 Å². The van der Waals surface area contributed by atoms with E-state index in [1.807, 2.05) is 25.4 Å². The molecule has 2 aromatic rings. The highest BCUT2D eigenvalue weighted by molar-refractivity contribution is 6.29. The molecular weight excluding hydrogens is 236 g/mol. The molecule has 4 heteroatoms. The number of hydrogen-bond acceptors (Lipinski definition) is 3. The van der Waals surface area contributed by atoms with Crippen molar-refractivity contribution in [3.8, 4) is 0 Å². The number of rotatable bonds is 4. The Morgan fingerprint density at radius 2 is 2.29 bits per heavy atom. The zero-order valence-corrected chi connectivity index (χ0v) is 10.7. The van der Waals surface area contributed by atoms with Crippen LogP contribution in [-0.2, 0) is 6.42 Å². The molecule has 0 aliphatic heterocycles. The molecule has 0 amide bonds. The van der Waals surface area contributed by atoms with E-state index in [9.17, 15) is 0 Å². The van der Waals surface area contributed by atoms with E-state index in [4.69, 9.17) is 16.0 Å². The van der Waals surface area contributed by atoms with Gasteiger partial charge in [-0.1, -0.05) is 6.07 Å². The smallest absolute Gasteiger partial charge is 0.197 e. The molecular formula is C13H15ClN2O. The Hall–Kier alpha value is -1.32. The third-order valence-electron chi connectivity index (χ3n) is 2.89. The van der Waals surface area contributed by atoms with Crippen LogP contribution >= 0.6 is 11.6 Å². The Bertz CT molecular complexity index is 496. The fourth-order valence-corrected chi connectivity index (χ4v) is 2.09. The summed E-state index contributed by atoms with van der Waals surface area (Å²) < 4.78 is 5.12. The van der Waals surface area contributed by atoms with Crippen LogP contribution in [0.1, 0.15) is 22.9 Å². The number of aryl methyl sites for hydroxylation is 1. The van der Waals surface area contributed by atoms with E-state index in [1.54, 1.807) is 6.26 Å². The van der Waals surface area contributed by atoms with Gasteiger partial charge in [0.05, 0.1) is 6.26 Å². The zero-order chi connectivity index (χ0) is 12.3. The first kappa shape index (κ1) is 12.1. The average molecular weight is 251 g/mol. The quantitative estimate of drug-likeness (QED) is 0.906. The molecule has 2 aromatic heterocycles. The van der Waals surface area contributed by atoms with Crippen molar-refractivity contribution in [2.45, 2.75) is 19.4 Å². The lowest BCUT2D eigenvalue weighted by Gasteiger charge is -2.15. The fourth-order valence-electron chi connectivity index (χ4n) is 1.85. The molecule has 0 aromatic carbocycles. The maximum atomic E-state index is 5.99. The number of halogens is 1. The summed E-state index contributed by atoms with van der Waals surface area (Å²) in [4.78, 5) is 4.39. The van der Waals surface area contributed by atoms with Crippen molar-refractivity contribution >= 4 is 11.6 Å². The molecule has 3 nitrogen and oxygen atoms in total. The van der Waals surface area contributed by atoms with E-state index in [0.717, 1.165) is 17.7 Å². The molecule has 0 fully saturated rings. The van der Waals surface area contributed by atoms with Crippen molar-refractivity contribution in [1.82, 2.24) is 10.3 Å². The van der Waals surface area contributed by atoms with Gasteiger partial charge < -0.3 is 9.73 Å². The van der Waals surface area contributed by atoms with Crippen LogP contribution in [-0.4, -0.2) is 12.0 Å². The van der Waals surface area contributed by atoms with Crippen molar-refractivity contribution in [3.05, 3.63) is 52.7 Å². The minimum Gasteiger partial charge on any atom is -0.453 e. The van der Waals surface area contributed by atoms with E-state index >= 15 is 0 Å². The van der Waals surface area contributed by atoms with Crippen molar-refractivity contribution in [2.24, 2.45) is 0 Å². The first-order valence-corrected chi connectivity index (χ1v) is 5.91. The van der Waals surface area contributed by atoms with Gasteiger partial charge in [-0.25, -0.2) is 0 Å². The second-order valence-corrected chi connectivity index (χ2v) is 4.31. The molecule has 17 heavy (non-hydrogen) atoms. The molecule has 0 saturated carbocycles. The summed E-state index contributed by atoms with van der Waals surface area (Å²) in [5.74, 6) is 0. The number of furan rings is 1. The van der Waals surface area contributed by atoms with Crippen molar-refractivity contribution in [2.75, 3.05) is 7.05 Å². The maximum Gasteiger partial charge on any atom is 0.197 e. The van der Waals surface area contributed by atoms with Gasteiger partial charge in [0, 0.05) is 29.9 Å². The standard InChI is InChI=1S/C13H15ClN2O/c1-9-4-3-6-16-11(9)8-12(15-2)10-5-7-17-13(10)14/h3-7,12,15H,8H2,1-2H3. The lowest BCUT2D eigenvalue weighted by molar-refractivity contribution is 0.541. The minimum atomic E-state index is 0.120. The highest BCUT2D eigenvalue weighted by atomic mass is 35.5. The Balaban J connectivity index is 2.22. The maximum absolute atomic E-state index is 5.99. The molecule has 0 bridgehead atoms. The molecule has 1 unspecified atom stereocenters. The third kappa shape index (κ3) is 2.68. The summed E-state index contributed by atoms with van der Waals surface area (Å²) in [6.07, 6.45) is 4.21. The molecule has 2 rings (SSSR count). The van der Waals surface area contributed by atoms with E-state index in [1.165, 1.54) is 5.56 Å². The largest absolute Gasteiger partial charge is 0.453 e. The number of nitrogens with one attached hydrogen (secondary N) is 1. The first-order valence-electron chi connectivity index (χ1n) is 5.53. The number of nitrogens with zero attached hydrogens (tertiary/aromatic N) is 1. The third-order valence-corrected chi connectivity index (χ3v) is 3.19. The predicted octanol–water partition coefficient (Wildman–Crippen LogP) is 3.14. The molecule has 2 heterocycles. The van der Waals surface area contributed by atoms with Gasteiger partial charge in [0.2, 0.25) is 0 Å². The summed E-state index contributed by atoms with van der Waals surface area (Å²) in [6.45, 7) is 2.06. The van der Waals surface area contributed by atoms with E-state index in [0.29, 0.717) is 5.22 Å². The second kappa shape index (κ2) is 5.34. The highest BCUT2D eigenvalue weighted by Gasteiger charge is 2.17. The zero-order valence-electron chi connectivity index (χ0n) is 9.90. The average Bonchev–Trinajstić information content (AvgIpc) is 2.75. The molecule has 1 N–H and O–H groups in total. The van der Waals surface area contributed by atoms with Crippen molar-refractivity contribution in [3.63, 3.8) is 0 Å². The lowest BCUT2D eigenvalue weighted by Crippen LogP contribution is -2.19. The SMILES string of the molecule is CNC(Cc1ncccc1C)c1ccoc1Cl. The molecule has 90 valence electrons. The van der Waals surface area contributed by atoms with Crippen LogP contribution in [0.4, 0.5) is 0 Å². The summed E-state index contributed by atoms with van der Waals surface area (Å²) in [5.41, 5.74) is 3.23. The van der Waals surface area contributed by atoms with Crippen molar-refractivity contribution < 1.29 is 4.42 Å². The predicted molar refractivity (Wildman–Crippen MR) is 68.2 cm³/mol. The van der Waals surface area contributed by atoms with Gasteiger partial charge in [-0.3, -0.25) is 4.98 Å². The Morgan fingerprint density at radius 1 is 1.47 bits per heavy atom. The Labute approximate surface area is 106 Å². The molecule has 0 saturated heterocycles. The Kier molecular flexibility index (Phi) is 3.82. The molecule has 0 aliphatic rings. The first-order chi connectivity index (χ1) is 8.22. The van der Waals surface area contributed by atoms with Crippen LogP contribution in [0.3, 0.4) is 0 Å². The molecule has 0 aliphatic carbocycles. The van der Waals surface area contributed by atoms with Gasteiger partial charge in [-0.15, -0.1) is 0 Å². The summed E-state index contributed by atoms with van der Waals surface area (Å²) in [5, 5.41) is 3.68. The fraction of sp³-hybridized carbons (Fsp3) is 0.308. The molecule has 1 atom stereocenters. The van der Waals surface area contributed by atoms with Crippen LogP contribution in [0.2, 0.25) is 5.22 Å². The summed E-state index contributed by atoms with van der Waals surface area (Å²) in [7, 11) is 1.91. The number of aromatic nitrogens is 1. The minimum absolute atomic E-state index is 0.120. The topological polar surface area (TPSA) is 38.1 Å². The second-order valence-electron chi connectivity index (χ2n) is 3.96. The number of pyridine rings is 1. The normalized spacial score (nSPS) is 12.6. The Morgan fingerprint density at radius 3 is 2.88 bits per heavy atom. The van der Waals surface area contributed by atoms with Crippen LogP contribution in [0.25, 0.3) is 0 Å². The van der Waals surface area contributed by atoms with Crippen LogP contribution < -0.4 is 5.32 Å². The molecule has 0 spiro atoms.